The van der Waals surface area contributed by atoms with Crippen molar-refractivity contribution < 1.29 is 4.39 Å². The molecule has 0 spiro atoms. The van der Waals surface area contributed by atoms with Gasteiger partial charge in [-0.15, -0.1) is 0 Å². The first-order valence-electron chi connectivity index (χ1n) is 6.19. The Kier molecular flexibility index (Phi) is 2.54. The minimum absolute atomic E-state index is 0.466. The number of nitrogens with zero attached hydrogens (tertiary/aromatic N) is 1. The second kappa shape index (κ2) is 4.09. The van der Waals surface area contributed by atoms with Crippen LogP contribution in [0.2, 0.25) is 0 Å². The molecule has 2 aromatic rings. The van der Waals surface area contributed by atoms with Crippen LogP contribution in [0.5, 0.6) is 0 Å². The molecular weight excluding hydrogens is 227 g/mol. The zero-order valence-electron chi connectivity index (χ0n) is 10.3. The Balaban J connectivity index is 2.24. The monoisotopic (exact) mass is 242 g/mol. The Hall–Kier alpha value is -1.90. The van der Waals surface area contributed by atoms with E-state index in [1.54, 1.807) is 0 Å². The molecule has 0 saturated carbocycles. The van der Waals surface area contributed by atoms with Gasteiger partial charge in [0, 0.05) is 23.5 Å². The van der Waals surface area contributed by atoms with E-state index in [1.807, 2.05) is 13.0 Å². The maximum absolute atomic E-state index is 13.2. The highest BCUT2D eigenvalue weighted by atomic mass is 19.1. The van der Waals surface area contributed by atoms with Crippen molar-refractivity contribution >= 4 is 5.69 Å². The molecular formula is C15H15FN2. The third kappa shape index (κ3) is 1.67. The van der Waals surface area contributed by atoms with Gasteiger partial charge in [-0.25, -0.2) is 4.98 Å². The van der Waals surface area contributed by atoms with Crippen LogP contribution in [0.4, 0.5) is 10.1 Å². The number of hydrogen-bond donors (Lipinski definition) is 1. The van der Waals surface area contributed by atoms with Crippen LogP contribution in [0.25, 0.3) is 11.1 Å². The van der Waals surface area contributed by atoms with E-state index in [0.29, 0.717) is 0 Å². The Labute approximate surface area is 106 Å². The SMILES string of the molecule is Cc1cc2c(c(N)c1-c1ccnc(F)c1)CCC2. The molecule has 1 heterocycles. The molecule has 0 unspecified atom stereocenters. The van der Waals surface area contributed by atoms with Crippen LogP contribution in [0.15, 0.2) is 24.4 Å². The first kappa shape index (κ1) is 11.2. The number of halogens is 1. The number of rotatable bonds is 1. The van der Waals surface area contributed by atoms with Crippen LogP contribution in [0.1, 0.15) is 23.1 Å². The first-order valence-corrected chi connectivity index (χ1v) is 6.19. The van der Waals surface area contributed by atoms with Crippen molar-refractivity contribution in [2.24, 2.45) is 0 Å². The molecule has 2 nitrogen and oxygen atoms in total. The van der Waals surface area contributed by atoms with Gasteiger partial charge in [-0.05, 0) is 54.5 Å². The average molecular weight is 242 g/mol. The second-order valence-electron chi connectivity index (χ2n) is 4.84. The molecule has 92 valence electrons. The Morgan fingerprint density at radius 3 is 2.89 bits per heavy atom. The molecule has 0 atom stereocenters. The summed E-state index contributed by atoms with van der Waals surface area (Å²) in [5.41, 5.74) is 12.6. The molecule has 1 aliphatic carbocycles. The standard InChI is InChI=1S/C15H15FN2/c1-9-7-10-3-2-4-12(10)15(17)14(9)11-5-6-18-13(16)8-11/h5-8H,2-4,17H2,1H3. The van der Waals surface area contributed by atoms with Crippen LogP contribution >= 0.6 is 0 Å². The third-order valence-electron chi connectivity index (χ3n) is 3.66. The number of hydrogen-bond acceptors (Lipinski definition) is 2. The van der Waals surface area contributed by atoms with Crippen LogP contribution in [-0.2, 0) is 12.8 Å². The molecule has 0 aliphatic heterocycles. The maximum Gasteiger partial charge on any atom is 0.213 e. The van der Waals surface area contributed by atoms with Crippen LogP contribution in [0, 0.1) is 12.9 Å². The van der Waals surface area contributed by atoms with Gasteiger partial charge in [-0.1, -0.05) is 6.07 Å². The lowest BCUT2D eigenvalue weighted by molar-refractivity contribution is 0.584. The number of aromatic nitrogens is 1. The molecule has 0 fully saturated rings. The van der Waals surface area contributed by atoms with Crippen LogP contribution in [0.3, 0.4) is 0 Å². The molecule has 3 heteroatoms. The highest BCUT2D eigenvalue weighted by Crippen LogP contribution is 2.37. The van der Waals surface area contributed by atoms with Crippen molar-refractivity contribution in [2.75, 3.05) is 5.73 Å². The lowest BCUT2D eigenvalue weighted by atomic mass is 9.93. The molecule has 0 saturated heterocycles. The predicted octanol–water partition coefficient (Wildman–Crippen LogP) is 3.27. The molecule has 0 radical (unpaired) electrons. The molecule has 0 amide bonds. The summed E-state index contributed by atoms with van der Waals surface area (Å²) in [7, 11) is 0. The summed E-state index contributed by atoms with van der Waals surface area (Å²) >= 11 is 0. The quantitative estimate of drug-likeness (QED) is 0.615. The van der Waals surface area contributed by atoms with Crippen LogP contribution in [-0.4, -0.2) is 4.98 Å². The fourth-order valence-electron chi connectivity index (χ4n) is 2.87. The first-order chi connectivity index (χ1) is 8.66. The summed E-state index contributed by atoms with van der Waals surface area (Å²) in [5, 5.41) is 0. The Morgan fingerprint density at radius 1 is 1.28 bits per heavy atom. The van der Waals surface area contributed by atoms with E-state index >= 15 is 0 Å². The van der Waals surface area contributed by atoms with Gasteiger partial charge in [-0.2, -0.15) is 4.39 Å². The molecule has 1 aromatic heterocycles. The van der Waals surface area contributed by atoms with Gasteiger partial charge in [-0.3, -0.25) is 0 Å². The fourth-order valence-corrected chi connectivity index (χ4v) is 2.87. The topological polar surface area (TPSA) is 38.9 Å². The number of fused-ring (bicyclic) bond motifs is 1. The molecule has 3 rings (SSSR count). The minimum Gasteiger partial charge on any atom is -0.398 e. The summed E-state index contributed by atoms with van der Waals surface area (Å²) in [6.45, 7) is 2.03. The van der Waals surface area contributed by atoms with Gasteiger partial charge in [0.25, 0.3) is 0 Å². The minimum atomic E-state index is -0.466. The highest BCUT2D eigenvalue weighted by Gasteiger charge is 2.19. The summed E-state index contributed by atoms with van der Waals surface area (Å²) in [4.78, 5) is 3.59. The van der Waals surface area contributed by atoms with E-state index in [0.717, 1.165) is 41.6 Å². The number of pyridine rings is 1. The predicted molar refractivity (Wildman–Crippen MR) is 70.8 cm³/mol. The van der Waals surface area contributed by atoms with Gasteiger partial charge in [0.2, 0.25) is 5.95 Å². The smallest absolute Gasteiger partial charge is 0.213 e. The normalized spacial score (nSPS) is 13.7. The highest BCUT2D eigenvalue weighted by molar-refractivity contribution is 5.82. The van der Waals surface area contributed by atoms with Crippen molar-refractivity contribution in [3.8, 4) is 11.1 Å². The Bertz CT molecular complexity index is 620. The van der Waals surface area contributed by atoms with Gasteiger partial charge in [0.1, 0.15) is 0 Å². The summed E-state index contributed by atoms with van der Waals surface area (Å²) in [5.74, 6) is -0.466. The lowest BCUT2D eigenvalue weighted by Crippen LogP contribution is -2.00. The third-order valence-corrected chi connectivity index (χ3v) is 3.66. The number of nitrogens with two attached hydrogens (primary N) is 1. The second-order valence-corrected chi connectivity index (χ2v) is 4.84. The fraction of sp³-hybridized carbons (Fsp3) is 0.267. The summed E-state index contributed by atoms with van der Waals surface area (Å²) < 4.78 is 13.2. The molecule has 18 heavy (non-hydrogen) atoms. The maximum atomic E-state index is 13.2. The average Bonchev–Trinajstić information content (AvgIpc) is 2.77. The van der Waals surface area contributed by atoms with Gasteiger partial charge < -0.3 is 5.73 Å². The summed E-state index contributed by atoms with van der Waals surface area (Å²) in [6.07, 6.45) is 4.78. The van der Waals surface area contributed by atoms with E-state index < -0.39 is 5.95 Å². The van der Waals surface area contributed by atoms with Gasteiger partial charge in [0.05, 0.1) is 0 Å². The van der Waals surface area contributed by atoms with Crippen molar-refractivity contribution in [1.29, 1.82) is 0 Å². The number of nitrogen functional groups attached to an aromatic ring is 1. The molecule has 1 aromatic carbocycles. The number of benzene rings is 1. The van der Waals surface area contributed by atoms with Crippen molar-refractivity contribution in [3.05, 3.63) is 47.0 Å². The van der Waals surface area contributed by atoms with Crippen molar-refractivity contribution in [2.45, 2.75) is 26.2 Å². The number of aryl methyl sites for hydroxylation is 2. The van der Waals surface area contributed by atoms with Gasteiger partial charge in [0.15, 0.2) is 0 Å². The van der Waals surface area contributed by atoms with E-state index in [1.165, 1.54) is 23.4 Å². The Morgan fingerprint density at radius 2 is 2.11 bits per heavy atom. The van der Waals surface area contributed by atoms with Crippen LogP contribution < -0.4 is 5.73 Å². The molecule has 1 aliphatic rings. The van der Waals surface area contributed by atoms with Crippen molar-refractivity contribution in [1.82, 2.24) is 4.98 Å². The van der Waals surface area contributed by atoms with E-state index in [-0.39, 0.29) is 0 Å². The zero-order chi connectivity index (χ0) is 12.7. The largest absolute Gasteiger partial charge is 0.398 e. The molecule has 0 bridgehead atoms. The summed E-state index contributed by atoms with van der Waals surface area (Å²) in [6, 6.07) is 5.44. The van der Waals surface area contributed by atoms with Crippen molar-refractivity contribution in [3.63, 3.8) is 0 Å². The van der Waals surface area contributed by atoms with E-state index in [9.17, 15) is 4.39 Å². The zero-order valence-corrected chi connectivity index (χ0v) is 10.3. The van der Waals surface area contributed by atoms with E-state index in [2.05, 4.69) is 11.1 Å². The lowest BCUT2D eigenvalue weighted by Gasteiger charge is -2.14. The number of anilines is 1. The van der Waals surface area contributed by atoms with E-state index in [4.69, 9.17) is 5.73 Å². The molecule has 2 N–H and O–H groups in total. The van der Waals surface area contributed by atoms with Gasteiger partial charge >= 0.3 is 0 Å².